The molecule has 3 heteroatoms. The van der Waals surface area contributed by atoms with E-state index in [1.807, 2.05) is 18.2 Å². The van der Waals surface area contributed by atoms with Crippen molar-refractivity contribution in [1.82, 2.24) is 10.4 Å². The third-order valence-corrected chi connectivity index (χ3v) is 3.84. The average Bonchev–Trinajstić information content (AvgIpc) is 3.17. The quantitative estimate of drug-likeness (QED) is 0.530. The fourth-order valence-electron chi connectivity index (χ4n) is 2.72. The Morgan fingerprint density at radius 2 is 1.26 bits per heavy atom. The van der Waals surface area contributed by atoms with E-state index in [0.29, 0.717) is 0 Å². The van der Waals surface area contributed by atoms with E-state index in [1.165, 1.54) is 16.7 Å². The molecule has 1 heterocycles. The highest BCUT2D eigenvalue weighted by atomic mass is 16.5. The van der Waals surface area contributed by atoms with Crippen molar-refractivity contribution < 1.29 is 4.52 Å². The Kier molecular flexibility index (Phi) is 3.45. The number of rotatable bonds is 3. The first-order valence-corrected chi connectivity index (χ1v) is 7.44. The SMILES string of the molecule is c1ccc(-c2ccc(-c3conn3)cc2-c2ccccc2)cc1. The summed E-state index contributed by atoms with van der Waals surface area (Å²) < 4.78 is 4.87. The summed E-state index contributed by atoms with van der Waals surface area (Å²) in [4.78, 5) is 0. The Morgan fingerprint density at radius 1 is 0.609 bits per heavy atom. The summed E-state index contributed by atoms with van der Waals surface area (Å²) in [6, 6.07) is 27.1. The number of hydrogen-bond donors (Lipinski definition) is 0. The van der Waals surface area contributed by atoms with Crippen LogP contribution in [0.4, 0.5) is 0 Å². The first-order chi connectivity index (χ1) is 11.4. The maximum atomic E-state index is 4.87. The lowest BCUT2D eigenvalue weighted by molar-refractivity contribution is 0.393. The average molecular weight is 298 g/mol. The van der Waals surface area contributed by atoms with E-state index < -0.39 is 0 Å². The normalized spacial score (nSPS) is 10.6. The maximum Gasteiger partial charge on any atom is 0.152 e. The van der Waals surface area contributed by atoms with Crippen molar-refractivity contribution in [3.8, 4) is 33.5 Å². The van der Waals surface area contributed by atoms with Crippen molar-refractivity contribution in [1.29, 1.82) is 0 Å². The number of aromatic nitrogens is 2. The molecular weight excluding hydrogens is 284 g/mol. The van der Waals surface area contributed by atoms with Crippen molar-refractivity contribution in [2.24, 2.45) is 0 Å². The van der Waals surface area contributed by atoms with Crippen molar-refractivity contribution in [3.63, 3.8) is 0 Å². The molecule has 3 nitrogen and oxygen atoms in total. The number of nitrogens with zero attached hydrogens (tertiary/aromatic N) is 2. The van der Waals surface area contributed by atoms with Crippen LogP contribution in [0.1, 0.15) is 0 Å². The van der Waals surface area contributed by atoms with Gasteiger partial charge in [-0.25, -0.2) is 0 Å². The highest BCUT2D eigenvalue weighted by molar-refractivity contribution is 5.86. The lowest BCUT2D eigenvalue weighted by Gasteiger charge is -2.12. The molecule has 4 aromatic rings. The minimum Gasteiger partial charge on any atom is -0.345 e. The van der Waals surface area contributed by atoms with Crippen LogP contribution in [-0.2, 0) is 0 Å². The number of hydrogen-bond acceptors (Lipinski definition) is 3. The molecule has 0 amide bonds. The van der Waals surface area contributed by atoms with Gasteiger partial charge in [0.15, 0.2) is 6.26 Å². The second-order valence-electron chi connectivity index (χ2n) is 5.28. The summed E-state index contributed by atoms with van der Waals surface area (Å²) in [7, 11) is 0. The summed E-state index contributed by atoms with van der Waals surface area (Å²) >= 11 is 0. The smallest absolute Gasteiger partial charge is 0.152 e. The molecule has 0 aliphatic rings. The minimum atomic E-state index is 0.738. The Bertz CT molecular complexity index is 901. The topological polar surface area (TPSA) is 38.9 Å². The molecule has 0 bridgehead atoms. The largest absolute Gasteiger partial charge is 0.345 e. The molecule has 4 rings (SSSR count). The van der Waals surface area contributed by atoms with Crippen LogP contribution < -0.4 is 0 Å². The standard InChI is InChI=1S/C20H14N2O/c1-3-7-15(8-4-1)18-12-11-17(20-14-23-22-21-20)13-19(18)16-9-5-2-6-10-16/h1-14H. The summed E-state index contributed by atoms with van der Waals surface area (Å²) in [5.74, 6) is 0. The molecule has 0 spiro atoms. The van der Waals surface area contributed by atoms with Gasteiger partial charge in [0.05, 0.1) is 0 Å². The molecule has 0 radical (unpaired) electrons. The predicted molar refractivity (Wildman–Crippen MR) is 90.6 cm³/mol. The molecule has 3 aromatic carbocycles. The van der Waals surface area contributed by atoms with Crippen LogP contribution in [-0.4, -0.2) is 10.4 Å². The molecule has 110 valence electrons. The molecular formula is C20H14N2O. The van der Waals surface area contributed by atoms with Crippen molar-refractivity contribution in [2.75, 3.05) is 0 Å². The highest BCUT2D eigenvalue weighted by Crippen LogP contribution is 2.35. The van der Waals surface area contributed by atoms with Crippen LogP contribution in [0.2, 0.25) is 0 Å². The van der Waals surface area contributed by atoms with Gasteiger partial charge in [-0.3, -0.25) is 0 Å². The van der Waals surface area contributed by atoms with Crippen molar-refractivity contribution >= 4 is 0 Å². The third-order valence-electron chi connectivity index (χ3n) is 3.84. The maximum absolute atomic E-state index is 4.87. The monoisotopic (exact) mass is 298 g/mol. The third kappa shape index (κ3) is 2.64. The zero-order valence-corrected chi connectivity index (χ0v) is 12.4. The molecule has 23 heavy (non-hydrogen) atoms. The molecule has 0 atom stereocenters. The van der Waals surface area contributed by atoms with E-state index in [-0.39, 0.29) is 0 Å². The van der Waals surface area contributed by atoms with Crippen molar-refractivity contribution in [2.45, 2.75) is 0 Å². The van der Waals surface area contributed by atoms with Gasteiger partial charge in [-0.05, 0) is 28.3 Å². The van der Waals surface area contributed by atoms with E-state index in [0.717, 1.165) is 16.8 Å². The second kappa shape index (κ2) is 5.89. The van der Waals surface area contributed by atoms with E-state index >= 15 is 0 Å². The van der Waals surface area contributed by atoms with Gasteiger partial charge in [0.2, 0.25) is 0 Å². The second-order valence-corrected chi connectivity index (χ2v) is 5.28. The summed E-state index contributed by atoms with van der Waals surface area (Å²) in [5, 5.41) is 7.56. The fourth-order valence-corrected chi connectivity index (χ4v) is 2.72. The van der Waals surface area contributed by atoms with E-state index in [4.69, 9.17) is 4.52 Å². The molecule has 0 unspecified atom stereocenters. The van der Waals surface area contributed by atoms with E-state index in [2.05, 4.69) is 71.0 Å². The Morgan fingerprint density at radius 3 is 1.87 bits per heavy atom. The van der Waals surface area contributed by atoms with Crippen LogP contribution in [0, 0.1) is 0 Å². The summed E-state index contributed by atoms with van der Waals surface area (Å²) in [6.07, 6.45) is 1.56. The molecule has 0 aliphatic carbocycles. The molecule has 0 N–H and O–H groups in total. The zero-order valence-electron chi connectivity index (χ0n) is 12.4. The van der Waals surface area contributed by atoms with Crippen LogP contribution in [0.5, 0.6) is 0 Å². The summed E-state index contributed by atoms with van der Waals surface area (Å²) in [6.45, 7) is 0. The van der Waals surface area contributed by atoms with Gasteiger partial charge in [0.25, 0.3) is 0 Å². The van der Waals surface area contributed by atoms with E-state index in [1.54, 1.807) is 6.26 Å². The molecule has 0 saturated heterocycles. The van der Waals surface area contributed by atoms with E-state index in [9.17, 15) is 0 Å². The lowest BCUT2D eigenvalue weighted by Crippen LogP contribution is -1.87. The van der Waals surface area contributed by atoms with Crippen LogP contribution in [0.3, 0.4) is 0 Å². The zero-order chi connectivity index (χ0) is 15.5. The first kappa shape index (κ1) is 13.5. The molecule has 1 aromatic heterocycles. The van der Waals surface area contributed by atoms with Crippen LogP contribution in [0.15, 0.2) is 89.6 Å². The fraction of sp³-hybridized carbons (Fsp3) is 0. The highest BCUT2D eigenvalue weighted by Gasteiger charge is 2.11. The van der Waals surface area contributed by atoms with Crippen molar-refractivity contribution in [3.05, 3.63) is 85.1 Å². The lowest BCUT2D eigenvalue weighted by atomic mass is 9.92. The van der Waals surface area contributed by atoms with Gasteiger partial charge in [-0.15, -0.1) is 5.10 Å². The Labute approximate surface area is 134 Å². The van der Waals surface area contributed by atoms with Gasteiger partial charge in [0, 0.05) is 10.8 Å². The van der Waals surface area contributed by atoms with Gasteiger partial charge in [-0.1, -0.05) is 72.8 Å². The Balaban J connectivity index is 1.93. The van der Waals surface area contributed by atoms with Gasteiger partial charge >= 0.3 is 0 Å². The van der Waals surface area contributed by atoms with Gasteiger partial charge in [-0.2, -0.15) is 0 Å². The van der Waals surface area contributed by atoms with Gasteiger partial charge < -0.3 is 4.52 Å². The van der Waals surface area contributed by atoms with Crippen LogP contribution in [0.25, 0.3) is 33.5 Å². The molecule has 0 aliphatic heterocycles. The minimum absolute atomic E-state index is 0.738. The number of benzene rings is 3. The van der Waals surface area contributed by atoms with Gasteiger partial charge in [0.1, 0.15) is 5.69 Å². The first-order valence-electron chi connectivity index (χ1n) is 7.44. The predicted octanol–water partition coefficient (Wildman–Crippen LogP) is 5.07. The summed E-state index contributed by atoms with van der Waals surface area (Å²) in [5.41, 5.74) is 6.45. The Hall–Kier alpha value is -3.20. The molecule has 0 saturated carbocycles. The van der Waals surface area contributed by atoms with Crippen LogP contribution >= 0.6 is 0 Å². The molecule has 0 fully saturated rings.